The van der Waals surface area contributed by atoms with Gasteiger partial charge < -0.3 is 40.3 Å². The van der Waals surface area contributed by atoms with Crippen LogP contribution < -0.4 is 5.32 Å². The van der Waals surface area contributed by atoms with Gasteiger partial charge >= 0.3 is 0 Å². The van der Waals surface area contributed by atoms with E-state index < -0.39 is 49.5 Å². The minimum Gasteiger partial charge on any atom is -0.394 e. The van der Waals surface area contributed by atoms with Gasteiger partial charge in [0.05, 0.1) is 25.4 Å². The third-order valence-electron chi connectivity index (χ3n) is 15.1. The Labute approximate surface area is 468 Å². The summed E-state index contributed by atoms with van der Waals surface area (Å²) in [5, 5.41) is 54.8. The molecule has 7 unspecified atom stereocenters. The number of hydrogen-bond acceptors (Lipinski definition) is 8. The number of unbranched alkanes of at least 4 members (excludes halogenated alkanes) is 33. The highest BCUT2D eigenvalue weighted by Crippen LogP contribution is 2.23. The summed E-state index contributed by atoms with van der Waals surface area (Å²) in [5.74, 6) is -0.185. The van der Waals surface area contributed by atoms with E-state index in [2.05, 4.69) is 92.1 Å². The number of nitrogens with one attached hydrogen (secondary N) is 1. The molecule has 0 aromatic carbocycles. The van der Waals surface area contributed by atoms with Crippen molar-refractivity contribution in [1.29, 1.82) is 0 Å². The first-order valence-electron chi connectivity index (χ1n) is 32.1. The van der Waals surface area contributed by atoms with E-state index in [0.717, 1.165) is 70.6 Å². The van der Waals surface area contributed by atoms with Crippen molar-refractivity contribution in [3.63, 3.8) is 0 Å². The second kappa shape index (κ2) is 55.9. The summed E-state index contributed by atoms with van der Waals surface area (Å²) in [5.41, 5.74) is 0. The van der Waals surface area contributed by atoms with Crippen LogP contribution >= 0.6 is 0 Å². The number of carbonyl (C=O) groups is 1. The molecule has 1 saturated heterocycles. The molecular weight excluding hydrogens is 947 g/mol. The molecule has 0 saturated carbocycles. The first-order valence-corrected chi connectivity index (χ1v) is 32.1. The SMILES string of the molecule is CC/C=C\C/C=C\C/C=C\C/C=C\C/C=C\C/C=C\CCCCC(=O)NC(COC1OC(CO)C(O)C(O)C1O)C(O)CCCCCCCCCCCCCCCCCCCCCCCCCCCCCCCCCC. The van der Waals surface area contributed by atoms with Crippen molar-refractivity contribution in [2.45, 2.75) is 333 Å². The molecule has 0 radical (unpaired) electrons. The van der Waals surface area contributed by atoms with E-state index in [4.69, 9.17) is 9.47 Å². The van der Waals surface area contributed by atoms with Gasteiger partial charge in [-0.05, 0) is 64.2 Å². The molecule has 1 aliphatic heterocycles. The molecule has 0 bridgehead atoms. The lowest BCUT2D eigenvalue weighted by Gasteiger charge is -2.40. The molecule has 0 spiro atoms. The average Bonchev–Trinajstić information content (AvgIpc) is 3.42. The Balaban J connectivity index is 2.16. The standard InChI is InChI=1S/C67H121NO8/c1-3-5-7-9-11-13-15-17-19-21-23-25-26-27-28-29-30-31-32-33-34-35-37-38-40-42-44-46-48-50-52-54-56-61(70)60(59-75-67-66(74)65(73)64(72)62(58-69)76-67)68-63(71)57-55-53-51-49-47-45-43-41-39-36-24-22-20-18-16-14-12-10-8-6-4-2/h6,8,12,14,18,20,24,36,41,43,47,49,60-62,64-67,69-70,72-74H,3-5,7,9-11,13,15-17,19,21-23,25-35,37-40,42,44-46,48,50-59H2,1-2H3,(H,68,71)/b8-6-,14-12-,20-18-,36-24-,43-41-,49-47-. The fraction of sp³-hybridized carbons (Fsp3) is 0.806. The van der Waals surface area contributed by atoms with E-state index in [1.165, 1.54) is 186 Å². The third-order valence-corrected chi connectivity index (χ3v) is 15.1. The van der Waals surface area contributed by atoms with E-state index >= 15 is 0 Å². The summed E-state index contributed by atoms with van der Waals surface area (Å²) in [7, 11) is 0. The van der Waals surface area contributed by atoms with Gasteiger partial charge in [0.2, 0.25) is 5.91 Å². The molecule has 442 valence electrons. The van der Waals surface area contributed by atoms with Crippen LogP contribution in [0.25, 0.3) is 0 Å². The molecule has 0 aromatic rings. The van der Waals surface area contributed by atoms with Crippen LogP contribution in [0.1, 0.15) is 290 Å². The van der Waals surface area contributed by atoms with Crippen LogP contribution in [-0.4, -0.2) is 87.5 Å². The third kappa shape index (κ3) is 44.5. The Bertz CT molecular complexity index is 1420. The predicted octanol–water partition coefficient (Wildman–Crippen LogP) is 16.8. The zero-order valence-electron chi connectivity index (χ0n) is 49.3. The Hall–Kier alpha value is -2.37. The molecule has 9 nitrogen and oxygen atoms in total. The van der Waals surface area contributed by atoms with E-state index in [1.807, 2.05) is 0 Å². The highest BCUT2D eigenvalue weighted by molar-refractivity contribution is 5.76. The number of hydrogen-bond donors (Lipinski definition) is 6. The summed E-state index contributed by atoms with van der Waals surface area (Å²) >= 11 is 0. The summed E-state index contributed by atoms with van der Waals surface area (Å²) in [6, 6.07) is -0.748. The minimum atomic E-state index is -1.57. The molecule has 6 N–H and O–H groups in total. The lowest BCUT2D eigenvalue weighted by Crippen LogP contribution is -2.60. The van der Waals surface area contributed by atoms with Crippen molar-refractivity contribution < 1.29 is 39.8 Å². The van der Waals surface area contributed by atoms with Crippen LogP contribution in [-0.2, 0) is 14.3 Å². The quantitative estimate of drug-likeness (QED) is 0.0261. The molecule has 9 heteroatoms. The molecule has 7 atom stereocenters. The Kier molecular flexibility index (Phi) is 52.7. The summed E-state index contributed by atoms with van der Waals surface area (Å²) in [6.07, 6.45) is 71.0. The number of ether oxygens (including phenoxy) is 2. The maximum Gasteiger partial charge on any atom is 0.220 e. The molecular formula is C67H121NO8. The molecule has 1 heterocycles. The Morgan fingerprint density at radius 3 is 1.18 bits per heavy atom. The van der Waals surface area contributed by atoms with Crippen LogP contribution in [0.15, 0.2) is 72.9 Å². The maximum atomic E-state index is 13.1. The van der Waals surface area contributed by atoms with Crippen molar-refractivity contribution in [2.75, 3.05) is 13.2 Å². The van der Waals surface area contributed by atoms with Gasteiger partial charge in [0, 0.05) is 6.42 Å². The molecule has 1 amide bonds. The van der Waals surface area contributed by atoms with Crippen molar-refractivity contribution in [2.24, 2.45) is 0 Å². The molecule has 1 rings (SSSR count). The van der Waals surface area contributed by atoms with Gasteiger partial charge in [-0.2, -0.15) is 0 Å². The van der Waals surface area contributed by atoms with Gasteiger partial charge in [-0.1, -0.05) is 292 Å². The normalized spacial score (nSPS) is 19.3. The molecule has 0 aliphatic carbocycles. The number of allylic oxidation sites excluding steroid dienone is 12. The fourth-order valence-corrected chi connectivity index (χ4v) is 10.1. The summed E-state index contributed by atoms with van der Waals surface area (Å²) in [6.45, 7) is 3.72. The number of rotatable bonds is 55. The van der Waals surface area contributed by atoms with Crippen LogP contribution in [0.5, 0.6) is 0 Å². The molecule has 1 aliphatic rings. The van der Waals surface area contributed by atoms with E-state index in [1.54, 1.807) is 0 Å². The summed E-state index contributed by atoms with van der Waals surface area (Å²) < 4.78 is 11.3. The van der Waals surface area contributed by atoms with Gasteiger partial charge in [0.25, 0.3) is 0 Å². The number of aliphatic hydroxyl groups excluding tert-OH is 5. The van der Waals surface area contributed by atoms with Crippen LogP contribution in [0.2, 0.25) is 0 Å². The first-order chi connectivity index (χ1) is 37.3. The average molecular weight is 1070 g/mol. The maximum absolute atomic E-state index is 13.1. The lowest BCUT2D eigenvalue weighted by molar-refractivity contribution is -0.302. The molecule has 0 aromatic heterocycles. The van der Waals surface area contributed by atoms with Crippen LogP contribution in [0.4, 0.5) is 0 Å². The van der Waals surface area contributed by atoms with Crippen molar-refractivity contribution in [1.82, 2.24) is 5.32 Å². The zero-order valence-corrected chi connectivity index (χ0v) is 49.3. The van der Waals surface area contributed by atoms with E-state index in [9.17, 15) is 30.3 Å². The Morgan fingerprint density at radius 2 is 0.816 bits per heavy atom. The predicted molar refractivity (Wildman–Crippen MR) is 322 cm³/mol. The smallest absolute Gasteiger partial charge is 0.220 e. The topological polar surface area (TPSA) is 149 Å². The fourth-order valence-electron chi connectivity index (χ4n) is 10.1. The van der Waals surface area contributed by atoms with E-state index in [-0.39, 0.29) is 12.5 Å². The number of amides is 1. The molecule has 1 fully saturated rings. The van der Waals surface area contributed by atoms with Crippen LogP contribution in [0.3, 0.4) is 0 Å². The zero-order chi connectivity index (χ0) is 55.0. The second-order valence-electron chi connectivity index (χ2n) is 22.2. The Morgan fingerprint density at radius 1 is 0.461 bits per heavy atom. The minimum absolute atomic E-state index is 0.159. The van der Waals surface area contributed by atoms with Crippen molar-refractivity contribution in [3.8, 4) is 0 Å². The van der Waals surface area contributed by atoms with Gasteiger partial charge in [-0.25, -0.2) is 0 Å². The monoisotopic (exact) mass is 1070 g/mol. The van der Waals surface area contributed by atoms with Gasteiger partial charge in [-0.15, -0.1) is 0 Å². The highest BCUT2D eigenvalue weighted by Gasteiger charge is 2.44. The molecule has 76 heavy (non-hydrogen) atoms. The highest BCUT2D eigenvalue weighted by atomic mass is 16.7. The number of carbonyl (C=O) groups excluding carboxylic acids is 1. The second-order valence-corrected chi connectivity index (χ2v) is 22.2. The first kappa shape index (κ1) is 71.6. The van der Waals surface area contributed by atoms with Crippen molar-refractivity contribution in [3.05, 3.63) is 72.9 Å². The summed E-state index contributed by atoms with van der Waals surface area (Å²) in [4.78, 5) is 13.1. The van der Waals surface area contributed by atoms with Gasteiger partial charge in [-0.3, -0.25) is 4.79 Å². The number of aliphatic hydroxyl groups is 5. The van der Waals surface area contributed by atoms with Crippen LogP contribution in [0, 0.1) is 0 Å². The largest absolute Gasteiger partial charge is 0.394 e. The van der Waals surface area contributed by atoms with E-state index in [0.29, 0.717) is 19.3 Å². The van der Waals surface area contributed by atoms with Crippen molar-refractivity contribution >= 4 is 5.91 Å². The van der Waals surface area contributed by atoms with Gasteiger partial charge in [0.1, 0.15) is 24.4 Å². The lowest BCUT2D eigenvalue weighted by atomic mass is 9.99. The van der Waals surface area contributed by atoms with Gasteiger partial charge in [0.15, 0.2) is 6.29 Å².